The molecule has 53 heavy (non-hydrogen) atoms. The van der Waals surface area contributed by atoms with Crippen LogP contribution >= 0.6 is 0 Å². The molecule has 0 saturated heterocycles. The van der Waals surface area contributed by atoms with Gasteiger partial charge in [0, 0.05) is 36.4 Å². The largest absolute Gasteiger partial charge is 0.491 e. The number of hydrogen-bond donors (Lipinski definition) is 4. The van der Waals surface area contributed by atoms with Crippen LogP contribution in [0, 0.1) is 0 Å². The minimum atomic E-state index is -1.28. The van der Waals surface area contributed by atoms with Crippen molar-refractivity contribution in [2.75, 3.05) is 52.9 Å². The van der Waals surface area contributed by atoms with E-state index in [9.17, 15) is 39.6 Å². The molecule has 4 unspecified atom stereocenters. The van der Waals surface area contributed by atoms with Gasteiger partial charge in [-0.05, 0) is 24.3 Å². The molecular formula is C36H42O17. The predicted molar refractivity (Wildman–Crippen MR) is 184 cm³/mol. The maximum atomic E-state index is 11.4. The van der Waals surface area contributed by atoms with E-state index in [1.807, 2.05) is 0 Å². The van der Waals surface area contributed by atoms with Gasteiger partial charge in [-0.2, -0.15) is 0 Å². The van der Waals surface area contributed by atoms with Crippen molar-refractivity contribution in [3.8, 4) is 34.5 Å². The zero-order valence-electron chi connectivity index (χ0n) is 28.7. The first-order valence-electron chi connectivity index (χ1n) is 15.7. The number of hydrogen-bond acceptors (Lipinski definition) is 17. The molecule has 0 saturated carbocycles. The van der Waals surface area contributed by atoms with Crippen molar-refractivity contribution in [3.63, 3.8) is 0 Å². The summed E-state index contributed by atoms with van der Waals surface area (Å²) in [4.78, 5) is 45.4. The van der Waals surface area contributed by atoms with Gasteiger partial charge in [-0.25, -0.2) is 19.2 Å². The Morgan fingerprint density at radius 1 is 0.453 bits per heavy atom. The third-order valence-electron chi connectivity index (χ3n) is 6.14. The smallest absolute Gasteiger partial charge is 0.330 e. The standard InChI is InChI=1S/C36H42O17/c1-5-33(41)49-19-23(37)15-45-27-9-11-29(31(13-27)47-17-25(39)21-51-35(43)7-3)53-30-12-10-28(46-16-24(38)20-50-34(42)6-2)14-32(30)48-18-26(40)22-52-36(44)8-4/h5-14,23-26,37-40H,1-4,15-22H2. The van der Waals surface area contributed by atoms with E-state index in [-0.39, 0.29) is 74.1 Å². The monoisotopic (exact) mass is 746 g/mol. The van der Waals surface area contributed by atoms with Gasteiger partial charge in [-0.1, -0.05) is 26.3 Å². The molecule has 0 aliphatic rings. The first-order valence-corrected chi connectivity index (χ1v) is 15.7. The number of aliphatic hydroxyl groups excluding tert-OH is 4. The number of aliphatic hydroxyl groups is 4. The first-order chi connectivity index (χ1) is 25.4. The summed E-state index contributed by atoms with van der Waals surface area (Å²) >= 11 is 0. The van der Waals surface area contributed by atoms with Gasteiger partial charge in [0.2, 0.25) is 0 Å². The van der Waals surface area contributed by atoms with Gasteiger partial charge in [-0.15, -0.1) is 0 Å². The highest BCUT2D eigenvalue weighted by molar-refractivity contribution is 5.82. The predicted octanol–water partition coefficient (Wildman–Crippen LogP) is 1.35. The second-order valence-corrected chi connectivity index (χ2v) is 10.5. The van der Waals surface area contributed by atoms with Crippen LogP contribution in [0.3, 0.4) is 0 Å². The Bertz CT molecular complexity index is 1440. The van der Waals surface area contributed by atoms with Crippen molar-refractivity contribution in [2.24, 2.45) is 0 Å². The minimum absolute atomic E-state index is 0.00372. The number of carbonyl (C=O) groups excluding carboxylic acids is 4. The SMILES string of the molecule is C=CC(=O)OCC(O)COc1ccc(Oc2ccc(OCC(O)COC(=O)C=C)cc2OCC(O)COC(=O)C=C)c(OCC(O)COC(=O)C=C)c1. The minimum Gasteiger partial charge on any atom is -0.491 e. The molecule has 0 fully saturated rings. The molecular weight excluding hydrogens is 704 g/mol. The molecule has 0 amide bonds. The van der Waals surface area contributed by atoms with Crippen molar-refractivity contribution in [3.05, 3.63) is 87.0 Å². The zero-order chi connectivity index (χ0) is 39.2. The van der Waals surface area contributed by atoms with Crippen LogP contribution in [0.25, 0.3) is 0 Å². The second kappa shape index (κ2) is 23.6. The third kappa shape index (κ3) is 17.3. The maximum absolute atomic E-state index is 11.4. The lowest BCUT2D eigenvalue weighted by atomic mass is 10.2. The van der Waals surface area contributed by atoms with Crippen molar-refractivity contribution in [2.45, 2.75) is 24.4 Å². The number of carbonyl (C=O) groups is 4. The van der Waals surface area contributed by atoms with Crippen LogP contribution < -0.4 is 23.7 Å². The fraction of sp³-hybridized carbons (Fsp3) is 0.333. The van der Waals surface area contributed by atoms with Gasteiger partial charge in [0.15, 0.2) is 23.0 Å². The Morgan fingerprint density at radius 3 is 1.02 bits per heavy atom. The van der Waals surface area contributed by atoms with E-state index in [4.69, 9.17) is 42.6 Å². The third-order valence-corrected chi connectivity index (χ3v) is 6.14. The highest BCUT2D eigenvalue weighted by Crippen LogP contribution is 2.40. The maximum Gasteiger partial charge on any atom is 0.330 e. The van der Waals surface area contributed by atoms with E-state index in [2.05, 4.69) is 26.3 Å². The number of rotatable bonds is 26. The first kappa shape index (κ1) is 43.3. The Labute approximate surface area is 304 Å². The topological polar surface area (TPSA) is 232 Å². The van der Waals surface area contributed by atoms with Crippen LogP contribution in [0.5, 0.6) is 34.5 Å². The van der Waals surface area contributed by atoms with E-state index >= 15 is 0 Å². The average molecular weight is 747 g/mol. The molecule has 0 bridgehead atoms. The Kier molecular flexibility index (Phi) is 19.2. The summed E-state index contributed by atoms with van der Waals surface area (Å²) in [7, 11) is 0. The molecule has 0 spiro atoms. The van der Waals surface area contributed by atoms with Crippen LogP contribution in [-0.2, 0) is 38.1 Å². The van der Waals surface area contributed by atoms with Gasteiger partial charge < -0.3 is 63.1 Å². The normalized spacial score (nSPS) is 12.7. The van der Waals surface area contributed by atoms with Crippen molar-refractivity contribution < 1.29 is 82.2 Å². The van der Waals surface area contributed by atoms with E-state index < -0.39 is 61.5 Å². The van der Waals surface area contributed by atoms with E-state index in [0.717, 1.165) is 24.3 Å². The lowest BCUT2D eigenvalue weighted by Crippen LogP contribution is -2.25. The summed E-state index contributed by atoms with van der Waals surface area (Å²) in [5.41, 5.74) is 0. The molecule has 17 heteroatoms. The Hall–Kier alpha value is -5.88. The highest BCUT2D eigenvalue weighted by Gasteiger charge is 2.19. The summed E-state index contributed by atoms with van der Waals surface area (Å²) in [6, 6.07) is 8.52. The molecule has 0 radical (unpaired) electrons. The van der Waals surface area contributed by atoms with Gasteiger partial charge >= 0.3 is 23.9 Å². The van der Waals surface area contributed by atoms with E-state index in [0.29, 0.717) is 0 Å². The van der Waals surface area contributed by atoms with E-state index in [1.54, 1.807) is 0 Å². The van der Waals surface area contributed by atoms with Gasteiger partial charge in [0.1, 0.15) is 88.8 Å². The molecule has 2 rings (SSSR count). The Morgan fingerprint density at radius 2 is 0.736 bits per heavy atom. The number of benzene rings is 2. The molecule has 2 aromatic rings. The summed E-state index contributed by atoms with van der Waals surface area (Å²) in [5.74, 6) is -2.52. The van der Waals surface area contributed by atoms with Crippen molar-refractivity contribution in [1.29, 1.82) is 0 Å². The van der Waals surface area contributed by atoms with Crippen LogP contribution in [0.4, 0.5) is 0 Å². The summed E-state index contributed by atoms with van der Waals surface area (Å²) in [5, 5.41) is 40.9. The Balaban J connectivity index is 2.34. The van der Waals surface area contributed by atoms with Crippen LogP contribution in [0.2, 0.25) is 0 Å². The number of esters is 4. The lowest BCUT2D eigenvalue weighted by molar-refractivity contribution is -0.142. The van der Waals surface area contributed by atoms with Gasteiger partial charge in [-0.3, -0.25) is 0 Å². The lowest BCUT2D eigenvalue weighted by Gasteiger charge is -2.20. The molecule has 4 N–H and O–H groups in total. The molecule has 288 valence electrons. The average Bonchev–Trinajstić information content (AvgIpc) is 3.17. The molecule has 17 nitrogen and oxygen atoms in total. The van der Waals surface area contributed by atoms with Gasteiger partial charge in [0.05, 0.1) is 0 Å². The summed E-state index contributed by atoms with van der Waals surface area (Å²) in [6.07, 6.45) is -1.20. The molecule has 0 aliphatic carbocycles. The molecule has 0 aromatic heterocycles. The van der Waals surface area contributed by atoms with Gasteiger partial charge in [0.25, 0.3) is 0 Å². The fourth-order valence-corrected chi connectivity index (χ4v) is 3.57. The summed E-state index contributed by atoms with van der Waals surface area (Å²) < 4.78 is 48.1. The summed E-state index contributed by atoms with van der Waals surface area (Å²) in [6.45, 7) is 10.2. The quantitative estimate of drug-likeness (QED) is 0.0604. The van der Waals surface area contributed by atoms with E-state index in [1.165, 1.54) is 36.4 Å². The second-order valence-electron chi connectivity index (χ2n) is 10.5. The zero-order valence-corrected chi connectivity index (χ0v) is 28.7. The number of ether oxygens (including phenoxy) is 9. The van der Waals surface area contributed by atoms with Crippen LogP contribution in [-0.4, -0.2) is 122 Å². The van der Waals surface area contributed by atoms with Crippen LogP contribution in [0.1, 0.15) is 0 Å². The molecule has 0 heterocycles. The molecule has 0 aliphatic heterocycles. The fourth-order valence-electron chi connectivity index (χ4n) is 3.57. The molecule has 4 atom stereocenters. The van der Waals surface area contributed by atoms with Crippen LogP contribution in [0.15, 0.2) is 87.0 Å². The highest BCUT2D eigenvalue weighted by atomic mass is 16.6. The van der Waals surface area contributed by atoms with Crippen molar-refractivity contribution in [1.82, 2.24) is 0 Å². The van der Waals surface area contributed by atoms with Crippen molar-refractivity contribution >= 4 is 23.9 Å². The molecule has 2 aromatic carbocycles.